The second-order valence-corrected chi connectivity index (χ2v) is 5.11. The molecule has 2 rings (SSSR count). The summed E-state index contributed by atoms with van der Waals surface area (Å²) in [6.07, 6.45) is 2.63. The Hall–Kier alpha value is -1.67. The molecule has 1 saturated heterocycles. The lowest BCUT2D eigenvalue weighted by Crippen LogP contribution is -2.29. The van der Waals surface area contributed by atoms with Crippen LogP contribution in [0.3, 0.4) is 0 Å². The standard InChI is InChI=1S/C12H23N7O/c1-9(8-19-5-3-4-6-19)7-14-10-15-11(18-13)17-12(16-10)20-2/h9H,3-8,13H2,1-2H3,(H2,14,15,16,17,18). The molecule has 1 atom stereocenters. The molecule has 0 aromatic carbocycles. The van der Waals surface area contributed by atoms with Gasteiger partial charge in [0.25, 0.3) is 0 Å². The van der Waals surface area contributed by atoms with E-state index in [4.69, 9.17) is 10.6 Å². The summed E-state index contributed by atoms with van der Waals surface area (Å²) in [4.78, 5) is 14.7. The molecule has 1 aliphatic heterocycles. The highest BCUT2D eigenvalue weighted by molar-refractivity contribution is 5.34. The molecule has 0 aliphatic carbocycles. The maximum Gasteiger partial charge on any atom is 0.322 e. The fraction of sp³-hybridized carbons (Fsp3) is 0.750. The van der Waals surface area contributed by atoms with Crippen LogP contribution in [0.15, 0.2) is 0 Å². The predicted molar refractivity (Wildman–Crippen MR) is 77.5 cm³/mol. The highest BCUT2D eigenvalue weighted by Gasteiger charge is 2.15. The van der Waals surface area contributed by atoms with Gasteiger partial charge >= 0.3 is 6.01 Å². The van der Waals surface area contributed by atoms with Gasteiger partial charge in [-0.05, 0) is 31.8 Å². The molecule has 0 spiro atoms. The van der Waals surface area contributed by atoms with Crippen molar-refractivity contribution in [2.45, 2.75) is 19.8 Å². The SMILES string of the molecule is COc1nc(NN)nc(NCC(C)CN2CCCC2)n1. The number of ether oxygens (including phenoxy) is 1. The fourth-order valence-corrected chi connectivity index (χ4v) is 2.33. The van der Waals surface area contributed by atoms with Crippen LogP contribution in [0, 0.1) is 5.92 Å². The lowest BCUT2D eigenvalue weighted by molar-refractivity contribution is 0.294. The van der Waals surface area contributed by atoms with Crippen molar-refractivity contribution in [2.75, 3.05) is 44.0 Å². The van der Waals surface area contributed by atoms with Crippen molar-refractivity contribution in [3.05, 3.63) is 0 Å². The lowest BCUT2D eigenvalue weighted by atomic mass is 10.1. The van der Waals surface area contributed by atoms with E-state index < -0.39 is 0 Å². The largest absolute Gasteiger partial charge is 0.467 e. The molecule has 8 nitrogen and oxygen atoms in total. The van der Waals surface area contributed by atoms with Crippen LogP contribution < -0.4 is 21.3 Å². The van der Waals surface area contributed by atoms with Crippen molar-refractivity contribution in [3.63, 3.8) is 0 Å². The fourth-order valence-electron chi connectivity index (χ4n) is 2.33. The normalized spacial score (nSPS) is 16.9. The van der Waals surface area contributed by atoms with E-state index >= 15 is 0 Å². The molecule has 112 valence electrons. The molecule has 1 aliphatic rings. The first-order chi connectivity index (χ1) is 9.71. The van der Waals surface area contributed by atoms with Crippen LogP contribution in [0.25, 0.3) is 0 Å². The van der Waals surface area contributed by atoms with Gasteiger partial charge in [0.15, 0.2) is 0 Å². The number of hydrogen-bond acceptors (Lipinski definition) is 8. The van der Waals surface area contributed by atoms with Crippen molar-refractivity contribution < 1.29 is 4.74 Å². The van der Waals surface area contributed by atoms with Crippen LogP contribution in [0.4, 0.5) is 11.9 Å². The highest BCUT2D eigenvalue weighted by atomic mass is 16.5. The molecule has 0 bridgehead atoms. The van der Waals surface area contributed by atoms with E-state index in [1.165, 1.54) is 33.0 Å². The number of nitrogens with two attached hydrogens (primary N) is 1. The van der Waals surface area contributed by atoms with E-state index in [0.717, 1.165) is 13.1 Å². The second-order valence-electron chi connectivity index (χ2n) is 5.11. The second kappa shape index (κ2) is 7.20. The van der Waals surface area contributed by atoms with Gasteiger partial charge in [0.2, 0.25) is 11.9 Å². The summed E-state index contributed by atoms with van der Waals surface area (Å²) in [5.41, 5.74) is 2.40. The molecule has 8 heteroatoms. The number of nitrogens with zero attached hydrogens (tertiary/aromatic N) is 4. The number of hydrazine groups is 1. The van der Waals surface area contributed by atoms with Gasteiger partial charge in [0, 0.05) is 13.1 Å². The molecule has 1 unspecified atom stereocenters. The number of hydrogen-bond donors (Lipinski definition) is 3. The van der Waals surface area contributed by atoms with Crippen LogP contribution in [-0.2, 0) is 0 Å². The number of aromatic nitrogens is 3. The van der Waals surface area contributed by atoms with Crippen molar-refractivity contribution in [2.24, 2.45) is 11.8 Å². The third-order valence-corrected chi connectivity index (χ3v) is 3.30. The first-order valence-corrected chi connectivity index (χ1v) is 6.94. The quantitative estimate of drug-likeness (QED) is 0.485. The van der Waals surface area contributed by atoms with E-state index in [0.29, 0.717) is 11.9 Å². The average Bonchev–Trinajstić information content (AvgIpc) is 2.97. The molecule has 0 amide bonds. The Kier molecular flexibility index (Phi) is 5.31. The third-order valence-electron chi connectivity index (χ3n) is 3.30. The summed E-state index contributed by atoms with van der Waals surface area (Å²) in [5.74, 6) is 6.59. The number of nitrogens with one attached hydrogen (secondary N) is 2. The van der Waals surface area contributed by atoms with E-state index in [1.54, 1.807) is 0 Å². The maximum absolute atomic E-state index is 5.31. The highest BCUT2D eigenvalue weighted by Crippen LogP contribution is 2.12. The Labute approximate surface area is 119 Å². The minimum Gasteiger partial charge on any atom is -0.467 e. The molecule has 1 aromatic heterocycles. The minimum absolute atomic E-state index is 0.239. The number of anilines is 2. The van der Waals surface area contributed by atoms with Gasteiger partial charge in [-0.25, -0.2) is 5.84 Å². The zero-order valence-electron chi connectivity index (χ0n) is 12.1. The van der Waals surface area contributed by atoms with Crippen LogP contribution >= 0.6 is 0 Å². The zero-order chi connectivity index (χ0) is 14.4. The van der Waals surface area contributed by atoms with Gasteiger partial charge in [-0.1, -0.05) is 6.92 Å². The topological polar surface area (TPSA) is 101 Å². The summed E-state index contributed by atoms with van der Waals surface area (Å²) < 4.78 is 5.01. The average molecular weight is 281 g/mol. The Balaban J connectivity index is 1.85. The number of rotatable bonds is 7. The van der Waals surface area contributed by atoms with Crippen LogP contribution in [0.2, 0.25) is 0 Å². The summed E-state index contributed by atoms with van der Waals surface area (Å²) in [6.45, 7) is 6.53. The monoisotopic (exact) mass is 281 g/mol. The predicted octanol–water partition coefficient (Wildman–Crippen LogP) is 0.310. The van der Waals surface area contributed by atoms with Crippen LogP contribution in [-0.4, -0.2) is 53.1 Å². The van der Waals surface area contributed by atoms with E-state index in [1.807, 2.05) is 0 Å². The molecule has 0 radical (unpaired) electrons. The van der Waals surface area contributed by atoms with Gasteiger partial charge in [0.1, 0.15) is 0 Å². The first kappa shape index (κ1) is 14.7. The summed E-state index contributed by atoms with van der Waals surface area (Å²) in [5, 5.41) is 3.20. The van der Waals surface area contributed by atoms with Crippen molar-refractivity contribution in [3.8, 4) is 6.01 Å². The summed E-state index contributed by atoms with van der Waals surface area (Å²) >= 11 is 0. The molecule has 2 heterocycles. The van der Waals surface area contributed by atoms with Crippen LogP contribution in [0.5, 0.6) is 6.01 Å². The molecule has 20 heavy (non-hydrogen) atoms. The molecule has 1 fully saturated rings. The number of likely N-dealkylation sites (tertiary alicyclic amines) is 1. The van der Waals surface area contributed by atoms with Gasteiger partial charge in [-0.3, -0.25) is 5.43 Å². The van der Waals surface area contributed by atoms with Crippen molar-refractivity contribution >= 4 is 11.9 Å². The molecular formula is C12H23N7O. The molecular weight excluding hydrogens is 258 g/mol. The van der Waals surface area contributed by atoms with Gasteiger partial charge in [-0.15, -0.1) is 0 Å². The van der Waals surface area contributed by atoms with E-state index in [2.05, 4.69) is 37.5 Å². The first-order valence-electron chi connectivity index (χ1n) is 6.94. The third kappa shape index (κ3) is 4.17. The van der Waals surface area contributed by atoms with Gasteiger partial charge < -0.3 is 15.0 Å². The zero-order valence-corrected chi connectivity index (χ0v) is 12.1. The van der Waals surface area contributed by atoms with Crippen molar-refractivity contribution in [1.29, 1.82) is 0 Å². The van der Waals surface area contributed by atoms with E-state index in [9.17, 15) is 0 Å². The van der Waals surface area contributed by atoms with Crippen molar-refractivity contribution in [1.82, 2.24) is 19.9 Å². The minimum atomic E-state index is 0.239. The summed E-state index contributed by atoms with van der Waals surface area (Å²) in [7, 11) is 1.51. The van der Waals surface area contributed by atoms with E-state index in [-0.39, 0.29) is 12.0 Å². The molecule has 4 N–H and O–H groups in total. The molecule has 0 saturated carbocycles. The summed E-state index contributed by atoms with van der Waals surface area (Å²) in [6, 6.07) is 0.239. The maximum atomic E-state index is 5.31. The van der Waals surface area contributed by atoms with Gasteiger partial charge in [0.05, 0.1) is 7.11 Å². The Bertz CT molecular complexity index is 400. The Morgan fingerprint density at radius 3 is 2.60 bits per heavy atom. The number of methoxy groups -OCH3 is 1. The Morgan fingerprint density at radius 1 is 1.25 bits per heavy atom. The van der Waals surface area contributed by atoms with Crippen LogP contribution in [0.1, 0.15) is 19.8 Å². The van der Waals surface area contributed by atoms with Gasteiger partial charge in [-0.2, -0.15) is 15.0 Å². The lowest BCUT2D eigenvalue weighted by Gasteiger charge is -2.20. The number of nitrogen functional groups attached to an aromatic ring is 1. The smallest absolute Gasteiger partial charge is 0.322 e. The molecule has 1 aromatic rings. The Morgan fingerprint density at radius 2 is 1.95 bits per heavy atom.